The first-order chi connectivity index (χ1) is 9.35. The minimum absolute atomic E-state index is 0.703. The minimum atomic E-state index is 0.703. The molecule has 19 heavy (non-hydrogen) atoms. The fourth-order valence-corrected chi connectivity index (χ4v) is 1.68. The number of nitrogens with zero attached hydrogens (tertiary/aromatic N) is 1. The van der Waals surface area contributed by atoms with Gasteiger partial charge in [-0.15, -0.1) is 0 Å². The lowest BCUT2D eigenvalue weighted by atomic mass is 10.3. The lowest BCUT2D eigenvalue weighted by molar-refractivity contribution is 0.0734. The predicted octanol–water partition coefficient (Wildman–Crippen LogP) is 0.819. The van der Waals surface area contributed by atoms with Crippen molar-refractivity contribution in [2.75, 3.05) is 59.2 Å². The summed E-state index contributed by atoms with van der Waals surface area (Å²) < 4.78 is 11.1. The lowest BCUT2D eigenvalue weighted by Crippen LogP contribution is -2.32. The molecule has 0 fully saturated rings. The second-order valence-electron chi connectivity index (χ2n) is 4.70. The summed E-state index contributed by atoms with van der Waals surface area (Å²) in [5.41, 5.74) is 10.9. The van der Waals surface area contributed by atoms with Crippen LogP contribution < -0.4 is 11.5 Å². The van der Waals surface area contributed by atoms with Gasteiger partial charge in [-0.1, -0.05) is 13.3 Å². The van der Waals surface area contributed by atoms with Crippen LogP contribution in [0.4, 0.5) is 0 Å². The standard InChI is InChI=1S/C14H33N3O2/c1-2-3-8-17(9-13-18-11-4-6-15)10-14-19-12-5-7-16/h2-16H2,1H3. The van der Waals surface area contributed by atoms with Gasteiger partial charge in [0.15, 0.2) is 0 Å². The van der Waals surface area contributed by atoms with Crippen LogP contribution in [0.5, 0.6) is 0 Å². The maximum atomic E-state index is 5.55. The second kappa shape index (κ2) is 15.9. The summed E-state index contributed by atoms with van der Waals surface area (Å²) in [5, 5.41) is 0. The molecule has 0 aromatic carbocycles. The molecule has 0 aliphatic heterocycles. The molecule has 5 nitrogen and oxygen atoms in total. The van der Waals surface area contributed by atoms with Crippen LogP contribution in [0.1, 0.15) is 32.6 Å². The number of ether oxygens (including phenoxy) is 2. The molecule has 0 bridgehead atoms. The third kappa shape index (κ3) is 14.0. The Kier molecular flexibility index (Phi) is 15.7. The summed E-state index contributed by atoms with van der Waals surface area (Å²) in [6, 6.07) is 0. The molecule has 0 heterocycles. The van der Waals surface area contributed by atoms with Crippen LogP contribution in [0.3, 0.4) is 0 Å². The maximum Gasteiger partial charge on any atom is 0.0593 e. The first kappa shape index (κ1) is 18.8. The van der Waals surface area contributed by atoms with Crippen molar-refractivity contribution in [3.63, 3.8) is 0 Å². The third-order valence-corrected chi connectivity index (χ3v) is 2.92. The van der Waals surface area contributed by atoms with Crippen LogP contribution in [0.25, 0.3) is 0 Å². The molecule has 5 heteroatoms. The normalized spacial score (nSPS) is 11.4. The Labute approximate surface area is 118 Å². The summed E-state index contributed by atoms with van der Waals surface area (Å²) in [6.07, 6.45) is 4.33. The Morgan fingerprint density at radius 2 is 1.26 bits per heavy atom. The van der Waals surface area contributed by atoms with Crippen molar-refractivity contribution < 1.29 is 9.47 Å². The highest BCUT2D eigenvalue weighted by Gasteiger charge is 2.04. The van der Waals surface area contributed by atoms with Gasteiger partial charge in [0.05, 0.1) is 13.2 Å². The molecule has 116 valence electrons. The molecule has 0 radical (unpaired) electrons. The van der Waals surface area contributed by atoms with Gasteiger partial charge in [0.1, 0.15) is 0 Å². The number of nitrogens with two attached hydrogens (primary N) is 2. The number of hydrogen-bond acceptors (Lipinski definition) is 5. The summed E-state index contributed by atoms with van der Waals surface area (Å²) in [5.74, 6) is 0. The molecular formula is C14H33N3O2. The molecular weight excluding hydrogens is 242 g/mol. The summed E-state index contributed by atoms with van der Waals surface area (Å²) in [7, 11) is 0. The average molecular weight is 275 g/mol. The van der Waals surface area contributed by atoms with Crippen molar-refractivity contribution in [1.29, 1.82) is 0 Å². The van der Waals surface area contributed by atoms with Gasteiger partial charge in [-0.25, -0.2) is 0 Å². The molecule has 0 spiro atoms. The Morgan fingerprint density at radius 3 is 1.68 bits per heavy atom. The Hall–Kier alpha value is -0.200. The fraction of sp³-hybridized carbons (Fsp3) is 1.00. The summed E-state index contributed by atoms with van der Waals surface area (Å²) in [6.45, 7) is 9.80. The monoisotopic (exact) mass is 275 g/mol. The minimum Gasteiger partial charge on any atom is -0.380 e. The quantitative estimate of drug-likeness (QED) is 0.433. The van der Waals surface area contributed by atoms with Gasteiger partial charge in [0.25, 0.3) is 0 Å². The van der Waals surface area contributed by atoms with Gasteiger partial charge in [-0.2, -0.15) is 0 Å². The lowest BCUT2D eigenvalue weighted by Gasteiger charge is -2.22. The van der Waals surface area contributed by atoms with Gasteiger partial charge >= 0.3 is 0 Å². The molecule has 0 aromatic heterocycles. The van der Waals surface area contributed by atoms with Crippen LogP contribution in [-0.4, -0.2) is 64.1 Å². The molecule has 0 aromatic rings. The van der Waals surface area contributed by atoms with Crippen LogP contribution in [0.2, 0.25) is 0 Å². The number of unbranched alkanes of at least 4 members (excludes halogenated alkanes) is 1. The van der Waals surface area contributed by atoms with Crippen LogP contribution in [0, 0.1) is 0 Å². The van der Waals surface area contributed by atoms with E-state index in [1.807, 2.05) is 0 Å². The van der Waals surface area contributed by atoms with Crippen molar-refractivity contribution in [3.05, 3.63) is 0 Å². The van der Waals surface area contributed by atoms with E-state index in [1.54, 1.807) is 0 Å². The average Bonchev–Trinajstić information content (AvgIpc) is 2.43. The SMILES string of the molecule is CCCCN(CCOCCCN)CCOCCCN. The van der Waals surface area contributed by atoms with Crippen LogP contribution in [-0.2, 0) is 9.47 Å². The van der Waals surface area contributed by atoms with Gasteiger partial charge in [-0.3, -0.25) is 4.90 Å². The van der Waals surface area contributed by atoms with Crippen LogP contribution >= 0.6 is 0 Å². The first-order valence-electron chi connectivity index (χ1n) is 7.63. The zero-order valence-electron chi connectivity index (χ0n) is 12.6. The van der Waals surface area contributed by atoms with Crippen molar-refractivity contribution in [2.45, 2.75) is 32.6 Å². The predicted molar refractivity (Wildman–Crippen MR) is 80.3 cm³/mol. The van der Waals surface area contributed by atoms with E-state index in [-0.39, 0.29) is 0 Å². The molecule has 0 atom stereocenters. The van der Waals surface area contributed by atoms with E-state index >= 15 is 0 Å². The number of hydrogen-bond donors (Lipinski definition) is 2. The molecule has 0 aliphatic rings. The van der Waals surface area contributed by atoms with E-state index in [2.05, 4.69) is 11.8 Å². The first-order valence-corrected chi connectivity index (χ1v) is 7.63. The number of rotatable bonds is 15. The largest absolute Gasteiger partial charge is 0.380 e. The molecule has 0 rings (SSSR count). The molecule has 0 amide bonds. The van der Waals surface area contributed by atoms with Crippen LogP contribution in [0.15, 0.2) is 0 Å². The van der Waals surface area contributed by atoms with Gasteiger partial charge in [0, 0.05) is 26.3 Å². The molecule has 0 saturated heterocycles. The van der Waals surface area contributed by atoms with E-state index in [0.717, 1.165) is 58.9 Å². The van der Waals surface area contributed by atoms with Crippen molar-refractivity contribution in [3.8, 4) is 0 Å². The van der Waals surface area contributed by atoms with Crippen molar-refractivity contribution >= 4 is 0 Å². The second-order valence-corrected chi connectivity index (χ2v) is 4.70. The van der Waals surface area contributed by atoms with E-state index in [4.69, 9.17) is 20.9 Å². The van der Waals surface area contributed by atoms with E-state index in [0.29, 0.717) is 13.1 Å². The molecule has 0 saturated carbocycles. The van der Waals surface area contributed by atoms with Gasteiger partial charge < -0.3 is 20.9 Å². The highest BCUT2D eigenvalue weighted by molar-refractivity contribution is 4.57. The van der Waals surface area contributed by atoms with Crippen molar-refractivity contribution in [1.82, 2.24) is 4.90 Å². The fourth-order valence-electron chi connectivity index (χ4n) is 1.68. The zero-order valence-corrected chi connectivity index (χ0v) is 12.6. The highest BCUT2D eigenvalue weighted by atomic mass is 16.5. The topological polar surface area (TPSA) is 73.7 Å². The third-order valence-electron chi connectivity index (χ3n) is 2.92. The highest BCUT2D eigenvalue weighted by Crippen LogP contribution is 1.96. The smallest absolute Gasteiger partial charge is 0.0593 e. The Balaban J connectivity index is 3.57. The van der Waals surface area contributed by atoms with E-state index in [9.17, 15) is 0 Å². The Morgan fingerprint density at radius 1 is 0.737 bits per heavy atom. The maximum absolute atomic E-state index is 5.55. The Bertz CT molecular complexity index is 157. The van der Waals surface area contributed by atoms with E-state index < -0.39 is 0 Å². The van der Waals surface area contributed by atoms with E-state index in [1.165, 1.54) is 12.8 Å². The van der Waals surface area contributed by atoms with Gasteiger partial charge in [0.2, 0.25) is 0 Å². The zero-order chi connectivity index (χ0) is 14.2. The van der Waals surface area contributed by atoms with Crippen molar-refractivity contribution in [2.24, 2.45) is 11.5 Å². The summed E-state index contributed by atoms with van der Waals surface area (Å²) >= 11 is 0. The molecule has 0 aliphatic carbocycles. The van der Waals surface area contributed by atoms with Gasteiger partial charge in [-0.05, 0) is 38.9 Å². The molecule has 0 unspecified atom stereocenters. The summed E-state index contributed by atoms with van der Waals surface area (Å²) in [4.78, 5) is 2.41. The molecule has 4 N–H and O–H groups in total.